The average Bonchev–Trinajstić information content (AvgIpc) is 3.23. The zero-order chi connectivity index (χ0) is 43.0. The molecule has 10 heteroatoms. The summed E-state index contributed by atoms with van der Waals surface area (Å²) in [5, 5.41) is 40.1. The summed E-state index contributed by atoms with van der Waals surface area (Å²) in [4.78, 5) is 25.3. The molecule has 1 rings (SSSR count). The zero-order valence-corrected chi connectivity index (χ0v) is 36.5. The van der Waals surface area contributed by atoms with E-state index in [1.54, 1.807) is 0 Å². The molecule has 0 bridgehead atoms. The van der Waals surface area contributed by atoms with Crippen LogP contribution in [0.15, 0.2) is 85.1 Å². The van der Waals surface area contributed by atoms with Crippen LogP contribution < -0.4 is 0 Å². The standard InChI is InChI=1S/C49H80O10/c1-3-5-7-9-11-13-15-17-19-20-21-22-24-26-28-30-32-34-36-38-45(52)58-42(41-57-49-48(55)47(54)46(53)43(39-50)59-49)40-56-44(51)37-35-33-31-29-27-25-23-18-16-14-12-10-8-6-4-2/h11,13,17-19,21-23,26-29,32,34,42-43,46-50,53-55H,3-10,12,14-16,20,24-25,30-31,33,35-41H2,1-2H3/b13-11+,19-17+,22-21+,23-18+,28-26+,29-27+,34-32+/t42-,43-,46+,47?,48?,49-/m1/s1. The molecule has 0 spiro atoms. The van der Waals surface area contributed by atoms with E-state index < -0.39 is 55.4 Å². The maximum Gasteiger partial charge on any atom is 0.306 e. The maximum atomic E-state index is 12.7. The Morgan fingerprint density at radius 3 is 1.53 bits per heavy atom. The fourth-order valence-electron chi connectivity index (χ4n) is 6.14. The lowest BCUT2D eigenvalue weighted by atomic mass is 9.99. The number of rotatable bonds is 36. The summed E-state index contributed by atoms with van der Waals surface area (Å²) in [5.41, 5.74) is 0. The Morgan fingerprint density at radius 2 is 0.983 bits per heavy atom. The van der Waals surface area contributed by atoms with E-state index in [0.717, 1.165) is 51.4 Å². The lowest BCUT2D eigenvalue weighted by Crippen LogP contribution is -2.59. The first kappa shape index (κ1) is 53.9. The molecule has 1 saturated heterocycles. The number of aliphatic hydroxyl groups is 4. The quantitative estimate of drug-likeness (QED) is 0.0273. The minimum atomic E-state index is -1.62. The second-order valence-electron chi connectivity index (χ2n) is 15.1. The molecule has 2 unspecified atom stereocenters. The highest BCUT2D eigenvalue weighted by molar-refractivity contribution is 5.70. The highest BCUT2D eigenvalue weighted by atomic mass is 16.7. The van der Waals surface area contributed by atoms with Gasteiger partial charge in [-0.2, -0.15) is 0 Å². The van der Waals surface area contributed by atoms with Gasteiger partial charge in [-0.25, -0.2) is 0 Å². The van der Waals surface area contributed by atoms with Crippen molar-refractivity contribution in [2.75, 3.05) is 19.8 Å². The van der Waals surface area contributed by atoms with Crippen molar-refractivity contribution in [3.8, 4) is 0 Å². The zero-order valence-electron chi connectivity index (χ0n) is 36.5. The molecule has 336 valence electrons. The van der Waals surface area contributed by atoms with Crippen molar-refractivity contribution in [3.63, 3.8) is 0 Å². The summed E-state index contributed by atoms with van der Waals surface area (Å²) in [6, 6.07) is 0. The number of hydrogen-bond donors (Lipinski definition) is 4. The number of aliphatic hydroxyl groups excluding tert-OH is 4. The fourth-order valence-corrected chi connectivity index (χ4v) is 6.14. The van der Waals surface area contributed by atoms with Gasteiger partial charge < -0.3 is 39.4 Å². The molecule has 1 aliphatic heterocycles. The predicted molar refractivity (Wildman–Crippen MR) is 237 cm³/mol. The van der Waals surface area contributed by atoms with Crippen LogP contribution in [0.5, 0.6) is 0 Å². The number of ether oxygens (including phenoxy) is 4. The van der Waals surface area contributed by atoms with Crippen LogP contribution in [0.1, 0.15) is 155 Å². The topological polar surface area (TPSA) is 152 Å². The van der Waals surface area contributed by atoms with Gasteiger partial charge in [0.15, 0.2) is 12.4 Å². The number of allylic oxidation sites excluding steroid dienone is 14. The first-order valence-electron chi connectivity index (χ1n) is 22.7. The van der Waals surface area contributed by atoms with E-state index in [1.165, 1.54) is 64.2 Å². The largest absolute Gasteiger partial charge is 0.462 e. The molecule has 6 atom stereocenters. The van der Waals surface area contributed by atoms with Crippen molar-refractivity contribution in [1.29, 1.82) is 0 Å². The summed E-state index contributed by atoms with van der Waals surface area (Å²) < 4.78 is 22.0. The van der Waals surface area contributed by atoms with Gasteiger partial charge in [-0.3, -0.25) is 9.59 Å². The van der Waals surface area contributed by atoms with Crippen LogP contribution in [0.25, 0.3) is 0 Å². The molecule has 10 nitrogen and oxygen atoms in total. The molecule has 59 heavy (non-hydrogen) atoms. The van der Waals surface area contributed by atoms with Crippen LogP contribution >= 0.6 is 0 Å². The Kier molecular flexibility index (Phi) is 35.7. The smallest absolute Gasteiger partial charge is 0.306 e. The van der Waals surface area contributed by atoms with Crippen molar-refractivity contribution in [3.05, 3.63) is 85.1 Å². The third kappa shape index (κ3) is 30.5. The van der Waals surface area contributed by atoms with Crippen molar-refractivity contribution in [2.24, 2.45) is 0 Å². The second kappa shape index (κ2) is 39.0. The van der Waals surface area contributed by atoms with Crippen LogP contribution in [0.2, 0.25) is 0 Å². The van der Waals surface area contributed by atoms with Crippen molar-refractivity contribution < 1.29 is 49.0 Å². The van der Waals surface area contributed by atoms with Gasteiger partial charge in [0.25, 0.3) is 0 Å². The number of carbonyl (C=O) groups is 2. The number of unbranched alkanes of at least 4 members (excludes halogenated alkanes) is 11. The average molecular weight is 829 g/mol. The SMILES string of the molecule is CCCCC/C=C/C/C=C/C/C=C/C/C=C/C/C=C/CCC(=O)O[C@H](COC(=O)CCCC/C=C/C/C=C/CCCCCCCC)CO[C@@H]1O[C@H](CO)[C@H](O)C(O)C1O. The molecule has 0 aromatic heterocycles. The lowest BCUT2D eigenvalue weighted by molar-refractivity contribution is -0.305. The second-order valence-corrected chi connectivity index (χ2v) is 15.1. The Morgan fingerprint density at radius 1 is 0.525 bits per heavy atom. The van der Waals surface area contributed by atoms with E-state index in [2.05, 4.69) is 86.8 Å². The molecular weight excluding hydrogens is 749 g/mol. The van der Waals surface area contributed by atoms with Crippen molar-refractivity contribution in [1.82, 2.24) is 0 Å². The van der Waals surface area contributed by atoms with Gasteiger partial charge >= 0.3 is 11.9 Å². The van der Waals surface area contributed by atoms with Gasteiger partial charge in [-0.05, 0) is 83.5 Å². The molecule has 1 heterocycles. The molecule has 4 N–H and O–H groups in total. The molecule has 0 saturated carbocycles. The third-order valence-electron chi connectivity index (χ3n) is 9.77. The Hall–Kier alpha value is -3.12. The molecule has 0 aromatic rings. The predicted octanol–water partition coefficient (Wildman–Crippen LogP) is 9.77. The van der Waals surface area contributed by atoms with Crippen LogP contribution in [-0.2, 0) is 28.5 Å². The first-order valence-corrected chi connectivity index (χ1v) is 22.7. The molecule has 0 aromatic carbocycles. The fraction of sp³-hybridized carbons (Fsp3) is 0.673. The highest BCUT2D eigenvalue weighted by Crippen LogP contribution is 2.22. The minimum absolute atomic E-state index is 0.0953. The summed E-state index contributed by atoms with van der Waals surface area (Å²) in [6.07, 6.45) is 43.2. The molecular formula is C49H80O10. The van der Waals surface area contributed by atoms with Crippen molar-refractivity contribution >= 4 is 11.9 Å². The van der Waals surface area contributed by atoms with Gasteiger partial charge in [0.1, 0.15) is 31.0 Å². The summed E-state index contributed by atoms with van der Waals surface area (Å²) >= 11 is 0. The first-order chi connectivity index (χ1) is 28.8. The lowest BCUT2D eigenvalue weighted by Gasteiger charge is -2.39. The van der Waals surface area contributed by atoms with Gasteiger partial charge in [-0.15, -0.1) is 0 Å². The molecule has 0 aliphatic carbocycles. The number of esters is 2. The normalized spacial score (nSPS) is 20.8. The van der Waals surface area contributed by atoms with Gasteiger partial charge in [0.2, 0.25) is 0 Å². The highest BCUT2D eigenvalue weighted by Gasteiger charge is 2.44. The summed E-state index contributed by atoms with van der Waals surface area (Å²) in [7, 11) is 0. The van der Waals surface area contributed by atoms with Crippen LogP contribution in [0, 0.1) is 0 Å². The minimum Gasteiger partial charge on any atom is -0.462 e. The third-order valence-corrected chi connectivity index (χ3v) is 9.77. The van der Waals surface area contributed by atoms with Crippen molar-refractivity contribution in [2.45, 2.75) is 192 Å². The molecule has 1 aliphatic rings. The Balaban J connectivity index is 2.43. The van der Waals surface area contributed by atoms with E-state index in [9.17, 15) is 30.0 Å². The monoisotopic (exact) mass is 829 g/mol. The number of carbonyl (C=O) groups excluding carboxylic acids is 2. The Labute approximate surface area is 356 Å². The number of hydrogen-bond acceptors (Lipinski definition) is 10. The van der Waals surface area contributed by atoms with E-state index in [4.69, 9.17) is 18.9 Å². The van der Waals surface area contributed by atoms with E-state index >= 15 is 0 Å². The van der Waals surface area contributed by atoms with Gasteiger partial charge in [0, 0.05) is 12.8 Å². The summed E-state index contributed by atoms with van der Waals surface area (Å²) in [6.45, 7) is 3.26. The van der Waals surface area contributed by atoms with Crippen LogP contribution in [-0.4, -0.2) is 89.0 Å². The van der Waals surface area contributed by atoms with E-state index in [-0.39, 0.29) is 26.1 Å². The van der Waals surface area contributed by atoms with E-state index in [1.807, 2.05) is 12.2 Å². The van der Waals surface area contributed by atoms with E-state index in [0.29, 0.717) is 12.8 Å². The Bertz CT molecular complexity index is 1230. The molecule has 0 radical (unpaired) electrons. The molecule has 0 amide bonds. The summed E-state index contributed by atoms with van der Waals surface area (Å²) in [5.74, 6) is -0.949. The van der Waals surface area contributed by atoms with Gasteiger partial charge in [-0.1, -0.05) is 144 Å². The van der Waals surface area contributed by atoms with Gasteiger partial charge in [0.05, 0.1) is 13.2 Å². The van der Waals surface area contributed by atoms with Crippen LogP contribution in [0.4, 0.5) is 0 Å². The maximum absolute atomic E-state index is 12.7. The van der Waals surface area contributed by atoms with Crippen LogP contribution in [0.3, 0.4) is 0 Å². The molecule has 1 fully saturated rings.